The maximum absolute atomic E-state index is 5.86. The zero-order chi connectivity index (χ0) is 21.2. The van der Waals surface area contributed by atoms with Gasteiger partial charge in [0.1, 0.15) is 18.2 Å². The number of fused-ring (bicyclic) bond motifs is 1. The summed E-state index contributed by atoms with van der Waals surface area (Å²) < 4.78 is 13.0. The van der Waals surface area contributed by atoms with Crippen LogP contribution in [0, 0.1) is 6.92 Å². The molecule has 1 aromatic carbocycles. The Kier molecular flexibility index (Phi) is 8.02. The zero-order valence-electron chi connectivity index (χ0n) is 17.9. The number of rotatable bonds is 10. The number of hydrogen-bond acceptors (Lipinski definition) is 5. The fraction of sp³-hybridized carbons (Fsp3) is 0.409. The molecule has 0 aliphatic heterocycles. The first kappa shape index (κ1) is 21.6. The normalized spacial score (nSPS) is 11.6. The van der Waals surface area contributed by atoms with Crippen molar-refractivity contribution in [2.45, 2.75) is 26.3 Å². The maximum atomic E-state index is 5.86. The molecule has 2 heterocycles. The van der Waals surface area contributed by atoms with Gasteiger partial charge in [-0.25, -0.2) is 0 Å². The van der Waals surface area contributed by atoms with Gasteiger partial charge in [0.05, 0.1) is 6.61 Å². The molecule has 3 aromatic rings. The van der Waals surface area contributed by atoms with Crippen LogP contribution in [0.15, 0.2) is 47.6 Å². The van der Waals surface area contributed by atoms with Crippen LogP contribution >= 0.6 is 0 Å². The molecule has 8 nitrogen and oxygen atoms in total. The summed E-state index contributed by atoms with van der Waals surface area (Å²) in [6.07, 6.45) is 3.75. The molecule has 8 heteroatoms. The molecule has 0 unspecified atom stereocenters. The minimum absolute atomic E-state index is 0.525. The summed E-state index contributed by atoms with van der Waals surface area (Å²) in [6, 6.07) is 12.1. The van der Waals surface area contributed by atoms with Gasteiger partial charge in [0, 0.05) is 45.4 Å². The van der Waals surface area contributed by atoms with Gasteiger partial charge in [0.25, 0.3) is 0 Å². The predicted octanol–water partition coefficient (Wildman–Crippen LogP) is 2.36. The first-order chi connectivity index (χ1) is 14.7. The highest BCUT2D eigenvalue weighted by atomic mass is 16.5. The Morgan fingerprint density at radius 1 is 1.13 bits per heavy atom. The van der Waals surface area contributed by atoms with E-state index in [0.29, 0.717) is 19.8 Å². The van der Waals surface area contributed by atoms with Gasteiger partial charge in [-0.15, -0.1) is 10.2 Å². The zero-order valence-corrected chi connectivity index (χ0v) is 17.9. The molecule has 0 aliphatic carbocycles. The Bertz CT molecular complexity index is 969. The quantitative estimate of drug-likeness (QED) is 0.303. The lowest BCUT2D eigenvalue weighted by Crippen LogP contribution is -2.37. The van der Waals surface area contributed by atoms with Crippen LogP contribution in [-0.4, -0.2) is 54.5 Å². The van der Waals surface area contributed by atoms with Crippen molar-refractivity contribution in [1.82, 2.24) is 25.2 Å². The van der Waals surface area contributed by atoms with E-state index in [1.54, 1.807) is 14.2 Å². The summed E-state index contributed by atoms with van der Waals surface area (Å²) in [4.78, 5) is 4.31. The highest BCUT2D eigenvalue weighted by Crippen LogP contribution is 2.20. The van der Waals surface area contributed by atoms with Gasteiger partial charge in [-0.3, -0.25) is 9.39 Å². The third kappa shape index (κ3) is 5.93. The molecule has 0 bridgehead atoms. The lowest BCUT2D eigenvalue weighted by Gasteiger charge is -2.15. The number of aryl methyl sites for hydroxylation is 2. The van der Waals surface area contributed by atoms with Gasteiger partial charge < -0.3 is 20.1 Å². The Morgan fingerprint density at radius 3 is 2.87 bits per heavy atom. The largest absolute Gasteiger partial charge is 0.491 e. The third-order valence-electron chi connectivity index (χ3n) is 4.69. The highest BCUT2D eigenvalue weighted by Gasteiger charge is 2.07. The molecule has 160 valence electrons. The first-order valence-electron chi connectivity index (χ1n) is 10.2. The molecule has 2 N–H and O–H groups in total. The molecule has 0 amide bonds. The smallest absolute Gasteiger partial charge is 0.191 e. The molecule has 0 aliphatic rings. The van der Waals surface area contributed by atoms with Crippen molar-refractivity contribution in [2.75, 3.05) is 33.9 Å². The summed E-state index contributed by atoms with van der Waals surface area (Å²) in [5, 5.41) is 15.2. The van der Waals surface area contributed by atoms with E-state index in [9.17, 15) is 0 Å². The molecule has 0 saturated carbocycles. The number of methoxy groups -OCH3 is 1. The monoisotopic (exact) mass is 410 g/mol. The average molecular weight is 411 g/mol. The Morgan fingerprint density at radius 2 is 2.03 bits per heavy atom. The molecule has 0 fully saturated rings. The van der Waals surface area contributed by atoms with Crippen LogP contribution < -0.4 is 15.4 Å². The SMILES string of the molecule is CN=C(NCCCc1nnc2ccccn12)NCc1ccc(C)cc1OCCOC. The van der Waals surface area contributed by atoms with Crippen LogP contribution in [0.5, 0.6) is 5.75 Å². The van der Waals surface area contributed by atoms with Crippen molar-refractivity contribution in [1.29, 1.82) is 0 Å². The second-order valence-electron chi connectivity index (χ2n) is 6.95. The standard InChI is InChI=1S/C22H30N6O2/c1-17-9-10-18(19(15-17)30-14-13-29-3)16-25-22(23-2)24-11-6-8-21-27-26-20-7-4-5-12-28(20)21/h4-5,7,9-10,12,15H,6,8,11,13-14,16H2,1-3H3,(H2,23,24,25). The Hall–Kier alpha value is -3.13. The second-order valence-corrected chi connectivity index (χ2v) is 6.95. The molecule has 0 atom stereocenters. The van der Waals surface area contributed by atoms with E-state index in [-0.39, 0.29) is 0 Å². The molecule has 30 heavy (non-hydrogen) atoms. The van der Waals surface area contributed by atoms with Crippen molar-refractivity contribution in [3.05, 3.63) is 59.5 Å². The summed E-state index contributed by atoms with van der Waals surface area (Å²) in [7, 11) is 3.44. The van der Waals surface area contributed by atoms with Crippen LogP contribution in [0.25, 0.3) is 5.65 Å². The fourth-order valence-electron chi connectivity index (χ4n) is 3.09. The first-order valence-corrected chi connectivity index (χ1v) is 10.2. The van der Waals surface area contributed by atoms with Gasteiger partial charge in [-0.1, -0.05) is 18.2 Å². The van der Waals surface area contributed by atoms with Crippen LogP contribution in [0.2, 0.25) is 0 Å². The van der Waals surface area contributed by atoms with E-state index >= 15 is 0 Å². The second kappa shape index (κ2) is 11.2. The highest BCUT2D eigenvalue weighted by molar-refractivity contribution is 5.79. The van der Waals surface area contributed by atoms with E-state index < -0.39 is 0 Å². The summed E-state index contributed by atoms with van der Waals surface area (Å²) in [5.74, 6) is 2.59. The minimum Gasteiger partial charge on any atom is -0.491 e. The van der Waals surface area contributed by atoms with Crippen molar-refractivity contribution >= 4 is 11.6 Å². The van der Waals surface area contributed by atoms with E-state index in [2.05, 4.69) is 44.9 Å². The van der Waals surface area contributed by atoms with Crippen molar-refractivity contribution < 1.29 is 9.47 Å². The van der Waals surface area contributed by atoms with Crippen molar-refractivity contribution in [3.8, 4) is 5.75 Å². The van der Waals surface area contributed by atoms with Crippen LogP contribution in [0.3, 0.4) is 0 Å². The number of nitrogens with zero attached hydrogens (tertiary/aromatic N) is 4. The number of nitrogens with one attached hydrogen (secondary N) is 2. The van der Waals surface area contributed by atoms with Crippen LogP contribution in [-0.2, 0) is 17.7 Å². The van der Waals surface area contributed by atoms with Crippen LogP contribution in [0.1, 0.15) is 23.4 Å². The van der Waals surface area contributed by atoms with Gasteiger partial charge in [-0.05, 0) is 37.1 Å². The number of ether oxygens (including phenoxy) is 2. The molecule has 3 rings (SSSR count). The number of pyridine rings is 1. The van der Waals surface area contributed by atoms with E-state index in [0.717, 1.165) is 53.7 Å². The predicted molar refractivity (Wildman–Crippen MR) is 118 cm³/mol. The molecular weight excluding hydrogens is 380 g/mol. The number of aromatic nitrogens is 3. The molecular formula is C22H30N6O2. The maximum Gasteiger partial charge on any atom is 0.191 e. The molecule has 0 spiro atoms. The lowest BCUT2D eigenvalue weighted by molar-refractivity contribution is 0.145. The summed E-state index contributed by atoms with van der Waals surface area (Å²) in [5.41, 5.74) is 3.11. The lowest BCUT2D eigenvalue weighted by atomic mass is 10.1. The Labute approximate surface area is 177 Å². The summed E-state index contributed by atoms with van der Waals surface area (Å²) >= 11 is 0. The average Bonchev–Trinajstić information content (AvgIpc) is 3.17. The van der Waals surface area contributed by atoms with Crippen molar-refractivity contribution in [2.24, 2.45) is 4.99 Å². The van der Waals surface area contributed by atoms with E-state index in [1.165, 1.54) is 0 Å². The van der Waals surface area contributed by atoms with Crippen LogP contribution in [0.4, 0.5) is 0 Å². The number of benzene rings is 1. The summed E-state index contributed by atoms with van der Waals surface area (Å²) in [6.45, 7) is 4.55. The third-order valence-corrected chi connectivity index (χ3v) is 4.69. The molecule has 0 radical (unpaired) electrons. The number of hydrogen-bond donors (Lipinski definition) is 2. The minimum atomic E-state index is 0.525. The van der Waals surface area contributed by atoms with Gasteiger partial charge >= 0.3 is 0 Å². The van der Waals surface area contributed by atoms with Gasteiger partial charge in [0.2, 0.25) is 0 Å². The van der Waals surface area contributed by atoms with E-state index in [4.69, 9.17) is 9.47 Å². The van der Waals surface area contributed by atoms with E-state index in [1.807, 2.05) is 34.9 Å². The topological polar surface area (TPSA) is 85.1 Å². The van der Waals surface area contributed by atoms with Gasteiger partial charge in [0.15, 0.2) is 11.6 Å². The number of guanidine groups is 1. The Balaban J connectivity index is 1.47. The fourth-order valence-corrected chi connectivity index (χ4v) is 3.09. The number of aliphatic imine (C=N–C) groups is 1. The van der Waals surface area contributed by atoms with Gasteiger partial charge in [-0.2, -0.15) is 0 Å². The van der Waals surface area contributed by atoms with Crippen molar-refractivity contribution in [3.63, 3.8) is 0 Å². The molecule has 0 saturated heterocycles. The molecule has 2 aromatic heterocycles.